The molecule has 0 aliphatic carbocycles. The Hall–Kier alpha value is -1.55. The van der Waals surface area contributed by atoms with Crippen LogP contribution >= 0.6 is 0 Å². The van der Waals surface area contributed by atoms with E-state index in [1.807, 2.05) is 45.2 Å². The van der Waals surface area contributed by atoms with E-state index < -0.39 is 6.10 Å². The fourth-order valence-corrected chi connectivity index (χ4v) is 1.60. The van der Waals surface area contributed by atoms with Crippen molar-refractivity contribution in [1.82, 2.24) is 10.6 Å². The molecule has 1 unspecified atom stereocenters. The molecule has 18 heavy (non-hydrogen) atoms. The summed E-state index contributed by atoms with van der Waals surface area (Å²) in [6.45, 7) is 5.31. The minimum atomic E-state index is -0.427. The first-order chi connectivity index (χ1) is 8.67. The normalized spacial score (nSPS) is 11.9. The molecule has 1 rings (SSSR count). The SMILES string of the molecule is CCC(Oc1cccc(C)c1)C(=O)NCCNC. The third-order valence-corrected chi connectivity index (χ3v) is 2.61. The molecule has 0 saturated carbocycles. The van der Waals surface area contributed by atoms with Gasteiger partial charge in [-0.3, -0.25) is 4.79 Å². The summed E-state index contributed by atoms with van der Waals surface area (Å²) in [6, 6.07) is 7.73. The highest BCUT2D eigenvalue weighted by molar-refractivity contribution is 5.81. The van der Waals surface area contributed by atoms with Crippen molar-refractivity contribution in [2.24, 2.45) is 0 Å². The molecular weight excluding hydrogens is 228 g/mol. The van der Waals surface area contributed by atoms with E-state index in [2.05, 4.69) is 10.6 Å². The molecule has 1 atom stereocenters. The third-order valence-electron chi connectivity index (χ3n) is 2.61. The fourth-order valence-electron chi connectivity index (χ4n) is 1.60. The second-order valence-electron chi connectivity index (χ2n) is 4.23. The van der Waals surface area contributed by atoms with Crippen molar-refractivity contribution in [2.45, 2.75) is 26.4 Å². The highest BCUT2D eigenvalue weighted by Gasteiger charge is 2.17. The minimum absolute atomic E-state index is 0.0609. The molecule has 0 heterocycles. The van der Waals surface area contributed by atoms with Gasteiger partial charge in [-0.25, -0.2) is 0 Å². The van der Waals surface area contributed by atoms with Crippen LogP contribution in [0.3, 0.4) is 0 Å². The minimum Gasteiger partial charge on any atom is -0.481 e. The monoisotopic (exact) mass is 250 g/mol. The number of carbonyl (C=O) groups excluding carboxylic acids is 1. The molecule has 4 nitrogen and oxygen atoms in total. The van der Waals surface area contributed by atoms with Crippen molar-refractivity contribution in [2.75, 3.05) is 20.1 Å². The van der Waals surface area contributed by atoms with E-state index in [4.69, 9.17) is 4.74 Å². The number of aryl methyl sites for hydroxylation is 1. The zero-order valence-corrected chi connectivity index (χ0v) is 11.3. The number of carbonyl (C=O) groups is 1. The number of hydrogen-bond acceptors (Lipinski definition) is 3. The lowest BCUT2D eigenvalue weighted by Crippen LogP contribution is -2.40. The summed E-state index contributed by atoms with van der Waals surface area (Å²) in [5.41, 5.74) is 1.12. The van der Waals surface area contributed by atoms with Gasteiger partial charge in [-0.1, -0.05) is 19.1 Å². The average molecular weight is 250 g/mol. The molecule has 1 aromatic carbocycles. The Morgan fingerprint density at radius 3 is 2.78 bits per heavy atom. The van der Waals surface area contributed by atoms with Crippen LogP contribution in [0.1, 0.15) is 18.9 Å². The summed E-state index contributed by atoms with van der Waals surface area (Å²) in [5, 5.41) is 5.82. The molecule has 0 aromatic heterocycles. The first kappa shape index (κ1) is 14.5. The second kappa shape index (κ2) is 7.71. The zero-order valence-electron chi connectivity index (χ0n) is 11.3. The average Bonchev–Trinajstić information content (AvgIpc) is 2.36. The summed E-state index contributed by atoms with van der Waals surface area (Å²) in [6.07, 6.45) is 0.225. The van der Waals surface area contributed by atoms with Crippen molar-refractivity contribution in [3.8, 4) is 5.75 Å². The van der Waals surface area contributed by atoms with Crippen LogP contribution in [-0.4, -0.2) is 32.1 Å². The van der Waals surface area contributed by atoms with Gasteiger partial charge in [-0.15, -0.1) is 0 Å². The van der Waals surface area contributed by atoms with Gasteiger partial charge in [0, 0.05) is 13.1 Å². The molecule has 1 amide bonds. The van der Waals surface area contributed by atoms with Crippen LogP contribution in [0.5, 0.6) is 5.75 Å². The van der Waals surface area contributed by atoms with Gasteiger partial charge in [0.25, 0.3) is 5.91 Å². The molecule has 0 radical (unpaired) electrons. The van der Waals surface area contributed by atoms with Gasteiger partial charge in [-0.05, 0) is 38.1 Å². The Morgan fingerprint density at radius 1 is 1.39 bits per heavy atom. The van der Waals surface area contributed by atoms with Crippen LogP contribution in [0, 0.1) is 6.92 Å². The van der Waals surface area contributed by atoms with E-state index in [1.54, 1.807) is 0 Å². The lowest BCUT2D eigenvalue weighted by molar-refractivity contribution is -0.128. The van der Waals surface area contributed by atoms with Crippen molar-refractivity contribution >= 4 is 5.91 Å². The number of hydrogen-bond donors (Lipinski definition) is 2. The van der Waals surface area contributed by atoms with E-state index in [0.29, 0.717) is 13.0 Å². The smallest absolute Gasteiger partial charge is 0.261 e. The quantitative estimate of drug-likeness (QED) is 0.721. The predicted octanol–water partition coefficient (Wildman–Crippen LogP) is 1.49. The van der Waals surface area contributed by atoms with E-state index in [-0.39, 0.29) is 5.91 Å². The van der Waals surface area contributed by atoms with Crippen LogP contribution in [0.25, 0.3) is 0 Å². The van der Waals surface area contributed by atoms with E-state index in [1.165, 1.54) is 0 Å². The maximum Gasteiger partial charge on any atom is 0.261 e. The Bertz CT molecular complexity index is 380. The summed E-state index contributed by atoms with van der Waals surface area (Å²) in [4.78, 5) is 11.9. The van der Waals surface area contributed by atoms with Gasteiger partial charge < -0.3 is 15.4 Å². The van der Waals surface area contributed by atoms with Gasteiger partial charge >= 0.3 is 0 Å². The highest BCUT2D eigenvalue weighted by Crippen LogP contribution is 2.15. The van der Waals surface area contributed by atoms with Crippen LogP contribution < -0.4 is 15.4 Å². The Kier molecular flexibility index (Phi) is 6.22. The van der Waals surface area contributed by atoms with Crippen molar-refractivity contribution < 1.29 is 9.53 Å². The van der Waals surface area contributed by atoms with Gasteiger partial charge in [0.15, 0.2) is 6.10 Å². The highest BCUT2D eigenvalue weighted by atomic mass is 16.5. The van der Waals surface area contributed by atoms with Crippen LogP contribution in [-0.2, 0) is 4.79 Å². The summed E-state index contributed by atoms with van der Waals surface area (Å²) in [7, 11) is 1.85. The summed E-state index contributed by atoms with van der Waals surface area (Å²) < 4.78 is 5.70. The van der Waals surface area contributed by atoms with E-state index in [9.17, 15) is 4.79 Å². The number of ether oxygens (including phenoxy) is 1. The van der Waals surface area contributed by atoms with Crippen molar-refractivity contribution in [1.29, 1.82) is 0 Å². The Morgan fingerprint density at radius 2 is 2.17 bits per heavy atom. The van der Waals surface area contributed by atoms with Crippen molar-refractivity contribution in [3.63, 3.8) is 0 Å². The first-order valence-electron chi connectivity index (χ1n) is 6.33. The Labute approximate surface area is 109 Å². The van der Waals surface area contributed by atoms with Gasteiger partial charge in [-0.2, -0.15) is 0 Å². The van der Waals surface area contributed by atoms with Gasteiger partial charge in [0.05, 0.1) is 0 Å². The number of likely N-dealkylation sites (N-methyl/N-ethyl adjacent to an activating group) is 1. The van der Waals surface area contributed by atoms with Gasteiger partial charge in [0.1, 0.15) is 5.75 Å². The van der Waals surface area contributed by atoms with E-state index in [0.717, 1.165) is 17.9 Å². The lowest BCUT2D eigenvalue weighted by Gasteiger charge is -2.17. The fraction of sp³-hybridized carbons (Fsp3) is 0.500. The third kappa shape index (κ3) is 4.75. The number of nitrogens with one attached hydrogen (secondary N) is 2. The first-order valence-corrected chi connectivity index (χ1v) is 6.33. The maximum atomic E-state index is 11.9. The number of amides is 1. The molecule has 0 aliphatic rings. The maximum absolute atomic E-state index is 11.9. The Balaban J connectivity index is 2.53. The standard InChI is InChI=1S/C14H22N2O2/c1-4-13(14(17)16-9-8-15-3)18-12-7-5-6-11(2)10-12/h5-7,10,13,15H,4,8-9H2,1-3H3,(H,16,17). The largest absolute Gasteiger partial charge is 0.481 e. The number of rotatable bonds is 7. The molecule has 1 aromatic rings. The summed E-state index contributed by atoms with van der Waals surface area (Å²) >= 11 is 0. The van der Waals surface area contributed by atoms with Crippen molar-refractivity contribution in [3.05, 3.63) is 29.8 Å². The zero-order chi connectivity index (χ0) is 13.4. The molecule has 4 heteroatoms. The molecule has 0 fully saturated rings. The molecular formula is C14H22N2O2. The van der Waals surface area contributed by atoms with Gasteiger partial charge in [0.2, 0.25) is 0 Å². The van der Waals surface area contributed by atoms with Crippen LogP contribution in [0.2, 0.25) is 0 Å². The van der Waals surface area contributed by atoms with Crippen LogP contribution in [0.15, 0.2) is 24.3 Å². The van der Waals surface area contributed by atoms with Crippen LogP contribution in [0.4, 0.5) is 0 Å². The second-order valence-corrected chi connectivity index (χ2v) is 4.23. The van der Waals surface area contributed by atoms with E-state index >= 15 is 0 Å². The lowest BCUT2D eigenvalue weighted by atomic mass is 10.2. The molecule has 100 valence electrons. The molecule has 2 N–H and O–H groups in total. The predicted molar refractivity (Wildman–Crippen MR) is 72.8 cm³/mol. The topological polar surface area (TPSA) is 50.4 Å². The number of benzene rings is 1. The molecule has 0 bridgehead atoms. The summed E-state index contributed by atoms with van der Waals surface area (Å²) in [5.74, 6) is 0.680. The molecule has 0 aliphatic heterocycles. The molecule has 0 spiro atoms. The molecule has 0 saturated heterocycles.